The van der Waals surface area contributed by atoms with E-state index in [-0.39, 0.29) is 17.9 Å². The highest BCUT2D eigenvalue weighted by Crippen LogP contribution is 2.27. The van der Waals surface area contributed by atoms with Crippen LogP contribution in [0.3, 0.4) is 0 Å². The van der Waals surface area contributed by atoms with Crippen molar-refractivity contribution in [3.8, 4) is 0 Å². The third kappa shape index (κ3) is 5.09. The molecular weight excluding hydrogens is 348 g/mol. The van der Waals surface area contributed by atoms with Crippen molar-refractivity contribution in [1.29, 1.82) is 0 Å². The number of rotatable bonds is 6. The average Bonchev–Trinajstić information content (AvgIpc) is 3.15. The van der Waals surface area contributed by atoms with Gasteiger partial charge in [-0.15, -0.1) is 11.8 Å². The molecule has 0 radical (unpaired) electrons. The molecule has 1 unspecified atom stereocenters. The van der Waals surface area contributed by atoms with Gasteiger partial charge in [-0.25, -0.2) is 0 Å². The zero-order valence-electron chi connectivity index (χ0n) is 14.7. The third-order valence-electron chi connectivity index (χ3n) is 4.04. The summed E-state index contributed by atoms with van der Waals surface area (Å²) in [4.78, 5) is 24.7. The molecule has 1 saturated heterocycles. The molecule has 1 atom stereocenters. The molecule has 1 aliphatic rings. The van der Waals surface area contributed by atoms with Crippen LogP contribution in [0.1, 0.15) is 30.1 Å². The van der Waals surface area contributed by atoms with E-state index < -0.39 is 0 Å². The highest BCUT2D eigenvalue weighted by molar-refractivity contribution is 7.99. The maximum absolute atomic E-state index is 12.7. The fourth-order valence-corrected chi connectivity index (χ4v) is 3.90. The van der Waals surface area contributed by atoms with E-state index in [0.29, 0.717) is 16.9 Å². The Morgan fingerprint density at radius 3 is 2.42 bits per heavy atom. The molecule has 26 heavy (non-hydrogen) atoms. The van der Waals surface area contributed by atoms with Crippen molar-refractivity contribution in [2.75, 3.05) is 23.0 Å². The topological polar surface area (TPSA) is 67.4 Å². The van der Waals surface area contributed by atoms with Gasteiger partial charge < -0.3 is 15.4 Å². The average molecular weight is 370 g/mol. The summed E-state index contributed by atoms with van der Waals surface area (Å²) in [5.74, 6) is 0.585. The number of anilines is 2. The van der Waals surface area contributed by atoms with Crippen LogP contribution >= 0.6 is 11.8 Å². The van der Waals surface area contributed by atoms with E-state index in [1.807, 2.05) is 24.3 Å². The van der Waals surface area contributed by atoms with E-state index in [0.717, 1.165) is 30.1 Å². The van der Waals surface area contributed by atoms with Crippen LogP contribution < -0.4 is 10.6 Å². The molecule has 136 valence electrons. The Bertz CT molecular complexity index is 771. The van der Waals surface area contributed by atoms with Gasteiger partial charge in [0, 0.05) is 35.6 Å². The highest BCUT2D eigenvalue weighted by Gasteiger charge is 2.18. The molecule has 2 aromatic rings. The first-order chi connectivity index (χ1) is 12.6. The summed E-state index contributed by atoms with van der Waals surface area (Å²) in [7, 11) is 0. The molecule has 0 spiro atoms. The van der Waals surface area contributed by atoms with Crippen molar-refractivity contribution < 1.29 is 14.3 Å². The lowest BCUT2D eigenvalue weighted by Crippen LogP contribution is -2.14. The highest BCUT2D eigenvalue weighted by atomic mass is 32.2. The lowest BCUT2D eigenvalue weighted by Gasteiger charge is -2.12. The van der Waals surface area contributed by atoms with E-state index in [9.17, 15) is 9.59 Å². The summed E-state index contributed by atoms with van der Waals surface area (Å²) >= 11 is 1.66. The predicted octanol–water partition coefficient (Wildman–Crippen LogP) is 4.17. The van der Waals surface area contributed by atoms with Gasteiger partial charge in [-0.05, 0) is 49.2 Å². The van der Waals surface area contributed by atoms with Gasteiger partial charge in [0.1, 0.15) is 0 Å². The minimum atomic E-state index is -0.146. The summed E-state index contributed by atoms with van der Waals surface area (Å²) in [6.45, 7) is 2.29. The number of hydrogen-bond donors (Lipinski definition) is 2. The van der Waals surface area contributed by atoms with Crippen LogP contribution in [-0.4, -0.2) is 30.3 Å². The number of nitrogens with one attached hydrogen (secondary N) is 2. The van der Waals surface area contributed by atoms with Gasteiger partial charge in [-0.1, -0.05) is 12.1 Å². The third-order valence-corrected chi connectivity index (χ3v) is 5.25. The van der Waals surface area contributed by atoms with Crippen LogP contribution in [0.25, 0.3) is 0 Å². The molecule has 1 heterocycles. The van der Waals surface area contributed by atoms with E-state index in [4.69, 9.17) is 4.74 Å². The first-order valence-corrected chi connectivity index (χ1v) is 9.63. The van der Waals surface area contributed by atoms with E-state index in [1.54, 1.807) is 36.0 Å². The second-order valence-corrected chi connectivity index (χ2v) is 7.22. The molecule has 2 aromatic carbocycles. The molecule has 5 nitrogen and oxygen atoms in total. The number of carbonyl (C=O) groups excluding carboxylic acids is 2. The maximum Gasteiger partial charge on any atom is 0.256 e. The zero-order valence-corrected chi connectivity index (χ0v) is 15.5. The smallest absolute Gasteiger partial charge is 0.256 e. The SMILES string of the molecule is CC(=O)Nc1ccc(NC(=O)c2ccccc2SCC2CCCO2)cc1. The number of benzene rings is 2. The van der Waals surface area contributed by atoms with Crippen LogP contribution in [0.15, 0.2) is 53.4 Å². The van der Waals surface area contributed by atoms with Crippen molar-refractivity contribution >= 4 is 35.0 Å². The molecule has 3 rings (SSSR count). The van der Waals surface area contributed by atoms with Gasteiger partial charge in [0.25, 0.3) is 5.91 Å². The Hall–Kier alpha value is -2.31. The molecule has 1 fully saturated rings. The van der Waals surface area contributed by atoms with E-state index in [1.165, 1.54) is 6.92 Å². The standard InChI is InChI=1S/C20H22N2O3S/c1-14(23)21-15-8-10-16(11-9-15)22-20(24)18-6-2-3-7-19(18)26-13-17-5-4-12-25-17/h2-3,6-11,17H,4-5,12-13H2,1H3,(H,21,23)(H,22,24). The molecule has 0 bridgehead atoms. The Balaban J connectivity index is 1.64. The van der Waals surface area contributed by atoms with Gasteiger partial charge in [-0.2, -0.15) is 0 Å². The largest absolute Gasteiger partial charge is 0.377 e. The van der Waals surface area contributed by atoms with Gasteiger partial charge in [0.15, 0.2) is 0 Å². The first-order valence-electron chi connectivity index (χ1n) is 8.64. The number of thioether (sulfide) groups is 1. The molecule has 0 saturated carbocycles. The van der Waals surface area contributed by atoms with Crippen molar-refractivity contribution in [2.24, 2.45) is 0 Å². The lowest BCUT2D eigenvalue weighted by atomic mass is 10.2. The summed E-state index contributed by atoms with van der Waals surface area (Å²) in [6, 6.07) is 14.7. The van der Waals surface area contributed by atoms with Crippen LogP contribution in [0.4, 0.5) is 11.4 Å². The predicted molar refractivity (Wildman–Crippen MR) is 105 cm³/mol. The fraction of sp³-hybridized carbons (Fsp3) is 0.300. The normalized spacial score (nSPS) is 16.3. The van der Waals surface area contributed by atoms with Gasteiger partial charge in [0.05, 0.1) is 11.7 Å². The van der Waals surface area contributed by atoms with Crippen molar-refractivity contribution in [1.82, 2.24) is 0 Å². The Labute approximate surface area is 157 Å². The quantitative estimate of drug-likeness (QED) is 0.749. The van der Waals surface area contributed by atoms with Crippen LogP contribution in [0.2, 0.25) is 0 Å². The van der Waals surface area contributed by atoms with Crippen LogP contribution in [0.5, 0.6) is 0 Å². The first kappa shape index (κ1) is 18.5. The maximum atomic E-state index is 12.7. The van der Waals surface area contributed by atoms with E-state index in [2.05, 4.69) is 10.6 Å². The van der Waals surface area contributed by atoms with Crippen molar-refractivity contribution in [3.63, 3.8) is 0 Å². The summed E-state index contributed by atoms with van der Waals surface area (Å²) in [6.07, 6.45) is 2.47. The molecular formula is C20H22N2O3S. The molecule has 6 heteroatoms. The van der Waals surface area contributed by atoms with Crippen molar-refractivity contribution in [2.45, 2.75) is 30.8 Å². The second kappa shape index (κ2) is 8.87. The second-order valence-electron chi connectivity index (χ2n) is 6.15. The zero-order chi connectivity index (χ0) is 18.4. The van der Waals surface area contributed by atoms with Gasteiger partial charge in [-0.3, -0.25) is 9.59 Å². The molecule has 2 N–H and O–H groups in total. The Kier molecular flexibility index (Phi) is 6.30. The number of amides is 2. The fourth-order valence-electron chi connectivity index (χ4n) is 2.78. The summed E-state index contributed by atoms with van der Waals surface area (Å²) in [5, 5.41) is 5.61. The molecule has 0 aliphatic carbocycles. The minimum Gasteiger partial charge on any atom is -0.377 e. The molecule has 1 aliphatic heterocycles. The Morgan fingerprint density at radius 1 is 1.08 bits per heavy atom. The van der Waals surface area contributed by atoms with Crippen LogP contribution in [0, 0.1) is 0 Å². The van der Waals surface area contributed by atoms with Gasteiger partial charge >= 0.3 is 0 Å². The monoisotopic (exact) mass is 370 g/mol. The van der Waals surface area contributed by atoms with Gasteiger partial charge in [0.2, 0.25) is 5.91 Å². The Morgan fingerprint density at radius 2 is 1.77 bits per heavy atom. The minimum absolute atomic E-state index is 0.126. The van der Waals surface area contributed by atoms with E-state index >= 15 is 0 Å². The number of ether oxygens (including phenoxy) is 1. The summed E-state index contributed by atoms with van der Waals surface area (Å²) in [5.41, 5.74) is 2.03. The number of carbonyl (C=O) groups is 2. The van der Waals surface area contributed by atoms with Crippen LogP contribution in [-0.2, 0) is 9.53 Å². The lowest BCUT2D eigenvalue weighted by molar-refractivity contribution is -0.114. The number of hydrogen-bond acceptors (Lipinski definition) is 4. The summed E-state index contributed by atoms with van der Waals surface area (Å²) < 4.78 is 5.66. The van der Waals surface area contributed by atoms with Crippen molar-refractivity contribution in [3.05, 3.63) is 54.1 Å². The molecule has 2 amide bonds. The molecule has 0 aromatic heterocycles.